The molecule has 1 heterocycles. The fraction of sp³-hybridized carbons (Fsp3) is 0.462. The van der Waals surface area contributed by atoms with Gasteiger partial charge in [-0.15, -0.1) is 0 Å². The minimum atomic E-state index is -3.12. The summed E-state index contributed by atoms with van der Waals surface area (Å²) < 4.78 is 34.4. The first-order valence-corrected chi connectivity index (χ1v) is 6.77. The smallest absolute Gasteiger partial charge is 0.387 e. The largest absolute Gasteiger partial charge is 0.433 e. The molecule has 1 aliphatic heterocycles. The number of urea groups is 1. The fourth-order valence-electron chi connectivity index (χ4n) is 2.13. The van der Waals surface area contributed by atoms with Crippen molar-refractivity contribution in [2.45, 2.75) is 19.6 Å². The number of non-ortho nitro benzene ring substituents is 1. The Bertz CT molecular complexity index is 599. The van der Waals surface area contributed by atoms with Gasteiger partial charge in [-0.3, -0.25) is 10.1 Å². The summed E-state index contributed by atoms with van der Waals surface area (Å²) in [5.74, 6) is -0.347. The minimum Gasteiger partial charge on any atom is -0.433 e. The lowest BCUT2D eigenvalue weighted by Gasteiger charge is -2.31. The molecule has 1 fully saturated rings. The molecular formula is C13H15F2N3O5. The maximum atomic E-state index is 12.4. The summed E-state index contributed by atoms with van der Waals surface area (Å²) in [6, 6.07) is 2.44. The van der Waals surface area contributed by atoms with Crippen molar-refractivity contribution in [2.24, 2.45) is 0 Å². The van der Waals surface area contributed by atoms with Gasteiger partial charge in [-0.05, 0) is 13.0 Å². The summed E-state index contributed by atoms with van der Waals surface area (Å²) in [6.45, 7) is -0.320. The van der Waals surface area contributed by atoms with E-state index in [1.54, 1.807) is 6.92 Å². The third-order valence-electron chi connectivity index (χ3n) is 3.16. The van der Waals surface area contributed by atoms with Gasteiger partial charge in [-0.1, -0.05) is 0 Å². The van der Waals surface area contributed by atoms with E-state index in [-0.39, 0.29) is 23.2 Å². The number of ether oxygens (including phenoxy) is 2. The molecule has 8 nitrogen and oxygen atoms in total. The third kappa shape index (κ3) is 4.49. The molecule has 0 aliphatic carbocycles. The highest BCUT2D eigenvalue weighted by molar-refractivity contribution is 5.91. The number of carbonyl (C=O) groups is 1. The van der Waals surface area contributed by atoms with Gasteiger partial charge in [0, 0.05) is 25.2 Å². The van der Waals surface area contributed by atoms with Crippen LogP contribution in [0.1, 0.15) is 6.92 Å². The second kappa shape index (κ2) is 7.18. The van der Waals surface area contributed by atoms with Gasteiger partial charge >= 0.3 is 12.6 Å². The van der Waals surface area contributed by atoms with Crippen molar-refractivity contribution in [2.75, 3.05) is 25.0 Å². The third-order valence-corrected chi connectivity index (χ3v) is 3.16. The number of carbonyl (C=O) groups excluding carboxylic acids is 1. The van der Waals surface area contributed by atoms with Crippen LogP contribution in [-0.4, -0.2) is 48.3 Å². The zero-order valence-electron chi connectivity index (χ0n) is 12.2. The average molecular weight is 331 g/mol. The molecule has 2 amide bonds. The molecule has 1 N–H and O–H groups in total. The highest BCUT2D eigenvalue weighted by atomic mass is 19.3. The van der Waals surface area contributed by atoms with Crippen molar-refractivity contribution >= 4 is 17.4 Å². The molecule has 1 aromatic rings. The van der Waals surface area contributed by atoms with Crippen LogP contribution in [-0.2, 0) is 4.74 Å². The second-order valence-corrected chi connectivity index (χ2v) is 4.87. The van der Waals surface area contributed by atoms with E-state index < -0.39 is 17.6 Å². The molecule has 0 saturated carbocycles. The van der Waals surface area contributed by atoms with E-state index in [9.17, 15) is 23.7 Å². The van der Waals surface area contributed by atoms with Gasteiger partial charge < -0.3 is 19.7 Å². The lowest BCUT2D eigenvalue weighted by Crippen LogP contribution is -2.46. The van der Waals surface area contributed by atoms with E-state index >= 15 is 0 Å². The van der Waals surface area contributed by atoms with Gasteiger partial charge in [-0.25, -0.2) is 4.79 Å². The number of anilines is 1. The molecule has 0 radical (unpaired) electrons. The van der Waals surface area contributed by atoms with Gasteiger partial charge in [0.25, 0.3) is 5.69 Å². The van der Waals surface area contributed by atoms with Gasteiger partial charge in [-0.2, -0.15) is 8.78 Å². The number of rotatable bonds is 4. The summed E-state index contributed by atoms with van der Waals surface area (Å²) in [7, 11) is 0. The van der Waals surface area contributed by atoms with E-state index in [1.807, 2.05) is 0 Å². The van der Waals surface area contributed by atoms with E-state index in [0.717, 1.165) is 18.2 Å². The first kappa shape index (κ1) is 16.9. The summed E-state index contributed by atoms with van der Waals surface area (Å²) in [4.78, 5) is 23.7. The fourth-order valence-corrected chi connectivity index (χ4v) is 2.13. The number of alkyl halides is 2. The predicted molar refractivity (Wildman–Crippen MR) is 75.7 cm³/mol. The maximum absolute atomic E-state index is 12.4. The number of benzene rings is 1. The Hall–Kier alpha value is -2.49. The van der Waals surface area contributed by atoms with E-state index in [0.29, 0.717) is 19.7 Å². The van der Waals surface area contributed by atoms with Crippen LogP contribution in [0.15, 0.2) is 18.2 Å². The van der Waals surface area contributed by atoms with Gasteiger partial charge in [0.15, 0.2) is 0 Å². The first-order valence-electron chi connectivity index (χ1n) is 6.77. The number of halogens is 2. The van der Waals surface area contributed by atoms with Crippen molar-refractivity contribution in [3.63, 3.8) is 0 Å². The Morgan fingerprint density at radius 1 is 1.57 bits per heavy atom. The number of nitro benzene ring substituents is 1. The molecule has 0 bridgehead atoms. The molecule has 126 valence electrons. The molecule has 0 unspecified atom stereocenters. The lowest BCUT2D eigenvalue weighted by atomic mass is 10.2. The molecule has 1 aromatic carbocycles. The Balaban J connectivity index is 2.19. The molecule has 1 saturated heterocycles. The number of nitro groups is 1. The number of nitrogens with zero attached hydrogens (tertiary/aromatic N) is 2. The van der Waals surface area contributed by atoms with Crippen LogP contribution in [0.2, 0.25) is 0 Å². The van der Waals surface area contributed by atoms with E-state index in [1.165, 1.54) is 4.90 Å². The van der Waals surface area contributed by atoms with Crippen molar-refractivity contribution in [3.8, 4) is 5.75 Å². The molecule has 0 aromatic heterocycles. The normalized spacial score (nSPS) is 17.9. The highest BCUT2D eigenvalue weighted by Gasteiger charge is 2.23. The highest BCUT2D eigenvalue weighted by Crippen LogP contribution is 2.30. The Morgan fingerprint density at radius 2 is 2.30 bits per heavy atom. The summed E-state index contributed by atoms with van der Waals surface area (Å²) in [5, 5.41) is 13.2. The average Bonchev–Trinajstić information content (AvgIpc) is 2.48. The Kier molecular flexibility index (Phi) is 5.27. The number of nitrogens with one attached hydrogen (secondary N) is 1. The van der Waals surface area contributed by atoms with Crippen molar-refractivity contribution in [3.05, 3.63) is 28.3 Å². The van der Waals surface area contributed by atoms with Crippen LogP contribution in [0.5, 0.6) is 5.75 Å². The van der Waals surface area contributed by atoms with Crippen LogP contribution in [0.3, 0.4) is 0 Å². The molecule has 2 rings (SSSR count). The van der Waals surface area contributed by atoms with Crippen LogP contribution in [0, 0.1) is 10.1 Å². The number of hydrogen-bond acceptors (Lipinski definition) is 5. The van der Waals surface area contributed by atoms with E-state index in [2.05, 4.69) is 10.1 Å². The Morgan fingerprint density at radius 3 is 2.91 bits per heavy atom. The molecular weight excluding hydrogens is 316 g/mol. The molecule has 0 spiro atoms. The van der Waals surface area contributed by atoms with Gasteiger partial charge in [0.1, 0.15) is 5.75 Å². The van der Waals surface area contributed by atoms with Crippen molar-refractivity contribution in [1.29, 1.82) is 0 Å². The lowest BCUT2D eigenvalue weighted by molar-refractivity contribution is -0.384. The van der Waals surface area contributed by atoms with Crippen LogP contribution < -0.4 is 10.1 Å². The standard InChI is InChI=1S/C13H15F2N3O5/c1-8-7-17(4-5-22-8)13(19)16-10-6-9(18(20)21)2-3-11(10)23-12(14)15/h2-3,6,8,12H,4-5,7H2,1H3,(H,16,19)/t8-/m1/s1. The molecule has 1 atom stereocenters. The first-order chi connectivity index (χ1) is 10.9. The maximum Gasteiger partial charge on any atom is 0.387 e. The molecule has 10 heteroatoms. The zero-order valence-corrected chi connectivity index (χ0v) is 12.2. The molecule has 1 aliphatic rings. The second-order valence-electron chi connectivity index (χ2n) is 4.87. The van der Waals surface area contributed by atoms with Crippen LogP contribution in [0.25, 0.3) is 0 Å². The topological polar surface area (TPSA) is 93.9 Å². The van der Waals surface area contributed by atoms with Crippen LogP contribution in [0.4, 0.5) is 25.0 Å². The summed E-state index contributed by atoms with van der Waals surface area (Å²) in [6.07, 6.45) is -0.156. The summed E-state index contributed by atoms with van der Waals surface area (Å²) in [5.41, 5.74) is -0.541. The molecule has 23 heavy (non-hydrogen) atoms. The Labute approximate surface area is 130 Å². The predicted octanol–water partition coefficient (Wildman–Crippen LogP) is 2.45. The monoisotopic (exact) mass is 331 g/mol. The van der Waals surface area contributed by atoms with Crippen molar-refractivity contribution in [1.82, 2.24) is 4.90 Å². The minimum absolute atomic E-state index is 0.156. The van der Waals surface area contributed by atoms with E-state index in [4.69, 9.17) is 4.74 Å². The number of amides is 2. The number of morpholine rings is 1. The van der Waals surface area contributed by atoms with Crippen LogP contribution >= 0.6 is 0 Å². The van der Waals surface area contributed by atoms with Crippen molar-refractivity contribution < 1.29 is 28.0 Å². The number of hydrogen-bond donors (Lipinski definition) is 1. The SMILES string of the molecule is C[C@@H]1CN(C(=O)Nc2cc([N+](=O)[O-])ccc2OC(F)F)CCO1. The summed E-state index contributed by atoms with van der Waals surface area (Å²) >= 11 is 0. The van der Waals surface area contributed by atoms with Gasteiger partial charge in [0.2, 0.25) is 0 Å². The zero-order chi connectivity index (χ0) is 17.0. The quantitative estimate of drug-likeness (QED) is 0.675. The van der Waals surface area contributed by atoms with Gasteiger partial charge in [0.05, 0.1) is 23.3 Å².